The first kappa shape index (κ1) is 26.7. The van der Waals surface area contributed by atoms with E-state index in [-0.39, 0.29) is 19.3 Å². The average molecular weight is 510 g/mol. The van der Waals surface area contributed by atoms with Crippen LogP contribution in [-0.2, 0) is 25.5 Å². The number of fused-ring (bicyclic) bond motifs is 1. The number of carboxylic acids is 2. The van der Waals surface area contributed by atoms with Crippen LogP contribution in [0.1, 0.15) is 24.2 Å². The molecule has 3 rings (SSSR count). The SMILES string of the molecule is C[C@H](Cc1ccc2c(c1)OC(COCC(=O)O)(COCC(=O)O)O2)NC[C@@H](O)c1cccc(Cl)c1. The standard InChI is InChI=1S/C24H28ClNO9/c1-15(26-10-19(27)17-3-2-4-18(25)9-17)7-16-5-6-20-21(8-16)35-24(34-20,13-32-11-22(28)29)14-33-12-23(30)31/h2-6,8-9,15,19,26-27H,7,10-14H2,1H3,(H,28,29)(H,30,31)/t15-,19-/m1/s1. The number of carboxylic acid groups (broad SMARTS) is 2. The molecule has 0 bridgehead atoms. The number of hydrogen-bond acceptors (Lipinski definition) is 8. The molecule has 0 aromatic heterocycles. The Balaban J connectivity index is 1.59. The normalized spacial score (nSPS) is 15.5. The summed E-state index contributed by atoms with van der Waals surface area (Å²) in [6, 6.07) is 12.5. The van der Waals surface area contributed by atoms with Gasteiger partial charge in [-0.3, -0.25) is 0 Å². The zero-order chi connectivity index (χ0) is 25.4. The molecular formula is C24H28ClNO9. The summed E-state index contributed by atoms with van der Waals surface area (Å²) in [5.41, 5.74) is 1.66. The van der Waals surface area contributed by atoms with Crippen molar-refractivity contribution >= 4 is 23.5 Å². The number of nitrogens with one attached hydrogen (secondary N) is 1. The van der Waals surface area contributed by atoms with E-state index in [0.29, 0.717) is 29.5 Å². The molecule has 1 aliphatic heterocycles. The molecule has 1 heterocycles. The first-order valence-electron chi connectivity index (χ1n) is 10.9. The number of halogens is 1. The number of benzene rings is 2. The van der Waals surface area contributed by atoms with E-state index in [1.165, 1.54) is 0 Å². The van der Waals surface area contributed by atoms with Crippen LogP contribution in [-0.4, -0.2) is 72.1 Å². The Kier molecular flexibility index (Phi) is 9.30. The molecule has 0 fully saturated rings. The molecule has 190 valence electrons. The van der Waals surface area contributed by atoms with Gasteiger partial charge in [-0.2, -0.15) is 0 Å². The lowest BCUT2D eigenvalue weighted by atomic mass is 10.1. The predicted molar refractivity (Wildman–Crippen MR) is 125 cm³/mol. The van der Waals surface area contributed by atoms with Crippen LogP contribution in [0.15, 0.2) is 42.5 Å². The summed E-state index contributed by atoms with van der Waals surface area (Å²) in [6.45, 7) is 0.638. The predicted octanol–water partition coefficient (Wildman–Crippen LogP) is 2.26. The van der Waals surface area contributed by atoms with Gasteiger partial charge in [-0.25, -0.2) is 9.59 Å². The third kappa shape index (κ3) is 8.08. The molecule has 11 heteroatoms. The first-order chi connectivity index (χ1) is 16.7. The van der Waals surface area contributed by atoms with Crippen molar-refractivity contribution in [2.75, 3.05) is 33.0 Å². The fourth-order valence-electron chi connectivity index (χ4n) is 3.58. The van der Waals surface area contributed by atoms with Crippen LogP contribution in [0.4, 0.5) is 0 Å². The number of aliphatic hydroxyl groups excluding tert-OH is 1. The average Bonchev–Trinajstić information content (AvgIpc) is 3.14. The Morgan fingerprint density at radius 2 is 1.69 bits per heavy atom. The maximum absolute atomic E-state index is 10.8. The van der Waals surface area contributed by atoms with E-state index in [1.54, 1.807) is 30.3 Å². The van der Waals surface area contributed by atoms with Crippen molar-refractivity contribution in [2.24, 2.45) is 0 Å². The maximum Gasteiger partial charge on any atom is 0.329 e. The number of aliphatic carboxylic acids is 2. The molecule has 2 aromatic carbocycles. The Bertz CT molecular complexity index is 1010. The number of ether oxygens (including phenoxy) is 4. The number of hydrogen-bond donors (Lipinski definition) is 4. The molecule has 0 aliphatic carbocycles. The largest absolute Gasteiger partial charge is 0.480 e. The lowest BCUT2D eigenvalue weighted by molar-refractivity contribution is -0.179. The van der Waals surface area contributed by atoms with Gasteiger partial charge in [0.1, 0.15) is 26.4 Å². The minimum absolute atomic E-state index is 0.0202. The molecule has 0 saturated heterocycles. The minimum Gasteiger partial charge on any atom is -0.480 e. The smallest absolute Gasteiger partial charge is 0.329 e. The fraction of sp³-hybridized carbons (Fsp3) is 0.417. The first-order valence-corrected chi connectivity index (χ1v) is 11.3. The summed E-state index contributed by atoms with van der Waals surface area (Å²) in [5.74, 6) is -3.01. The molecule has 0 unspecified atom stereocenters. The van der Waals surface area contributed by atoms with Gasteiger partial charge in [0.25, 0.3) is 5.79 Å². The van der Waals surface area contributed by atoms with Crippen LogP contribution in [0.3, 0.4) is 0 Å². The van der Waals surface area contributed by atoms with E-state index < -0.39 is 37.0 Å². The van der Waals surface area contributed by atoms with E-state index in [4.69, 9.17) is 40.8 Å². The van der Waals surface area contributed by atoms with E-state index >= 15 is 0 Å². The van der Waals surface area contributed by atoms with Crippen LogP contribution in [0.5, 0.6) is 11.5 Å². The highest BCUT2D eigenvalue weighted by atomic mass is 35.5. The number of rotatable bonds is 14. The van der Waals surface area contributed by atoms with Gasteiger partial charge in [-0.15, -0.1) is 0 Å². The molecule has 4 N–H and O–H groups in total. The van der Waals surface area contributed by atoms with Gasteiger partial charge in [0.05, 0.1) is 6.10 Å². The second kappa shape index (κ2) is 12.2. The second-order valence-electron chi connectivity index (χ2n) is 8.25. The Labute approximate surface area is 207 Å². The Morgan fingerprint density at radius 3 is 2.31 bits per heavy atom. The molecule has 0 spiro atoms. The minimum atomic E-state index is -1.50. The zero-order valence-electron chi connectivity index (χ0n) is 19.1. The summed E-state index contributed by atoms with van der Waals surface area (Å²) >= 11 is 5.99. The van der Waals surface area contributed by atoms with Gasteiger partial charge >= 0.3 is 11.9 Å². The third-order valence-electron chi connectivity index (χ3n) is 5.13. The molecule has 0 saturated carbocycles. The molecule has 0 radical (unpaired) electrons. The third-order valence-corrected chi connectivity index (χ3v) is 5.37. The van der Waals surface area contributed by atoms with Crippen LogP contribution in [0, 0.1) is 0 Å². The molecule has 10 nitrogen and oxygen atoms in total. The summed E-state index contributed by atoms with van der Waals surface area (Å²) in [4.78, 5) is 21.6. The number of aliphatic hydroxyl groups is 1. The van der Waals surface area contributed by atoms with Gasteiger partial charge in [-0.05, 0) is 48.7 Å². The van der Waals surface area contributed by atoms with E-state index in [0.717, 1.165) is 11.1 Å². The van der Waals surface area contributed by atoms with Crippen molar-refractivity contribution in [1.29, 1.82) is 0 Å². The molecule has 2 aromatic rings. The van der Waals surface area contributed by atoms with Gasteiger partial charge in [-0.1, -0.05) is 29.8 Å². The topological polar surface area (TPSA) is 144 Å². The summed E-state index contributed by atoms with van der Waals surface area (Å²) < 4.78 is 22.0. The van der Waals surface area contributed by atoms with Crippen LogP contribution in [0.25, 0.3) is 0 Å². The van der Waals surface area contributed by atoms with Gasteiger partial charge in [0.2, 0.25) is 0 Å². The van der Waals surface area contributed by atoms with Crippen LogP contribution < -0.4 is 14.8 Å². The van der Waals surface area contributed by atoms with E-state index in [1.807, 2.05) is 19.1 Å². The summed E-state index contributed by atoms with van der Waals surface area (Å²) in [7, 11) is 0. The van der Waals surface area contributed by atoms with Crippen LogP contribution >= 0.6 is 11.6 Å². The number of carbonyl (C=O) groups is 2. The summed E-state index contributed by atoms with van der Waals surface area (Å²) in [5, 5.41) is 31.9. The monoisotopic (exact) mass is 509 g/mol. The lowest BCUT2D eigenvalue weighted by Crippen LogP contribution is -2.48. The van der Waals surface area contributed by atoms with E-state index in [9.17, 15) is 14.7 Å². The molecule has 0 amide bonds. The molecular weight excluding hydrogens is 482 g/mol. The lowest BCUT2D eigenvalue weighted by Gasteiger charge is -2.26. The second-order valence-corrected chi connectivity index (χ2v) is 8.69. The van der Waals surface area contributed by atoms with Crippen molar-refractivity contribution in [3.05, 3.63) is 58.6 Å². The van der Waals surface area contributed by atoms with Gasteiger partial charge in [0.15, 0.2) is 11.5 Å². The van der Waals surface area contributed by atoms with Gasteiger partial charge < -0.3 is 39.6 Å². The Morgan fingerprint density at radius 1 is 1.03 bits per heavy atom. The van der Waals surface area contributed by atoms with Crippen molar-refractivity contribution < 1.29 is 43.9 Å². The van der Waals surface area contributed by atoms with Crippen molar-refractivity contribution in [1.82, 2.24) is 5.32 Å². The van der Waals surface area contributed by atoms with Crippen LogP contribution in [0.2, 0.25) is 5.02 Å². The van der Waals surface area contributed by atoms with Gasteiger partial charge in [0, 0.05) is 17.6 Å². The zero-order valence-corrected chi connectivity index (χ0v) is 19.9. The highest BCUT2D eigenvalue weighted by Crippen LogP contribution is 2.40. The van der Waals surface area contributed by atoms with E-state index in [2.05, 4.69) is 5.32 Å². The molecule has 2 atom stereocenters. The molecule has 35 heavy (non-hydrogen) atoms. The highest BCUT2D eigenvalue weighted by Gasteiger charge is 2.43. The summed E-state index contributed by atoms with van der Waals surface area (Å²) in [6.07, 6.45) is -0.0816. The van der Waals surface area contributed by atoms with Crippen molar-refractivity contribution in [2.45, 2.75) is 31.3 Å². The van der Waals surface area contributed by atoms with Crippen molar-refractivity contribution in [3.63, 3.8) is 0 Å². The Hall–Kier alpha value is -2.89. The van der Waals surface area contributed by atoms with Crippen molar-refractivity contribution in [3.8, 4) is 11.5 Å². The fourth-order valence-corrected chi connectivity index (χ4v) is 3.78. The highest BCUT2D eigenvalue weighted by molar-refractivity contribution is 6.30. The molecule has 1 aliphatic rings. The maximum atomic E-state index is 10.8. The quantitative estimate of drug-likeness (QED) is 0.299.